The maximum atomic E-state index is 13.3. The van der Waals surface area contributed by atoms with Crippen LogP contribution in [0.15, 0.2) is 34.9 Å². The van der Waals surface area contributed by atoms with Gasteiger partial charge in [-0.25, -0.2) is 9.18 Å². The summed E-state index contributed by atoms with van der Waals surface area (Å²) in [5.74, 6) is -3.04. The summed E-state index contributed by atoms with van der Waals surface area (Å²) in [7, 11) is 0. The molecular weight excluding hydrogens is 267 g/mol. The molecule has 0 aliphatic carbocycles. The Balaban J connectivity index is 2.26. The van der Waals surface area contributed by atoms with E-state index in [-0.39, 0.29) is 22.6 Å². The summed E-state index contributed by atoms with van der Waals surface area (Å²) in [6, 6.07) is 6.43. The lowest BCUT2D eigenvalue weighted by Gasteiger charge is -2.05. The molecule has 6 nitrogen and oxygen atoms in total. The predicted octanol–water partition coefficient (Wildman–Crippen LogP) is 2.24. The molecule has 0 aliphatic heterocycles. The van der Waals surface area contributed by atoms with Crippen LogP contribution in [0.5, 0.6) is 0 Å². The van der Waals surface area contributed by atoms with Crippen LogP contribution in [0, 0.1) is 17.1 Å². The molecule has 1 amide bonds. The molecule has 2 aromatic rings. The molecule has 1 aromatic heterocycles. The molecule has 0 saturated carbocycles. The molecular formula is C13H7FN2O4. The lowest BCUT2D eigenvalue weighted by Crippen LogP contribution is -2.12. The first kappa shape index (κ1) is 13.3. The van der Waals surface area contributed by atoms with Gasteiger partial charge in [-0.05, 0) is 12.1 Å². The molecule has 2 rings (SSSR count). The van der Waals surface area contributed by atoms with E-state index in [2.05, 4.69) is 5.32 Å². The van der Waals surface area contributed by atoms with E-state index in [1.807, 2.05) is 0 Å². The standard InChI is InChI=1S/C13H7FN2O4/c14-9-2-1-3-10(8(9)5-15)16-12(17)11-4-7(6-20-11)13(18)19/h1-4,6H,(H,16,17)(H,18,19). The number of carboxylic acids is 1. The first-order valence-corrected chi connectivity index (χ1v) is 5.34. The molecule has 2 N–H and O–H groups in total. The number of hydrogen-bond donors (Lipinski definition) is 2. The van der Waals surface area contributed by atoms with Gasteiger partial charge in [0, 0.05) is 6.07 Å². The molecule has 1 aromatic carbocycles. The van der Waals surface area contributed by atoms with Gasteiger partial charge in [0.1, 0.15) is 23.7 Å². The summed E-state index contributed by atoms with van der Waals surface area (Å²) in [5, 5.41) is 19.8. The Hall–Kier alpha value is -3.14. The van der Waals surface area contributed by atoms with Gasteiger partial charge in [-0.1, -0.05) is 6.07 Å². The number of aromatic carboxylic acids is 1. The fraction of sp³-hybridized carbons (Fsp3) is 0. The number of hydrogen-bond acceptors (Lipinski definition) is 4. The number of carbonyl (C=O) groups excluding carboxylic acids is 1. The summed E-state index contributed by atoms with van der Waals surface area (Å²) in [4.78, 5) is 22.5. The first-order valence-electron chi connectivity index (χ1n) is 5.34. The first-order chi connectivity index (χ1) is 9.52. The van der Waals surface area contributed by atoms with E-state index in [1.165, 1.54) is 12.1 Å². The van der Waals surface area contributed by atoms with Crippen LogP contribution in [-0.4, -0.2) is 17.0 Å². The number of carbonyl (C=O) groups is 2. The number of amides is 1. The maximum absolute atomic E-state index is 13.3. The quantitative estimate of drug-likeness (QED) is 0.893. The average molecular weight is 274 g/mol. The number of carboxylic acid groups (broad SMARTS) is 1. The fourth-order valence-electron chi connectivity index (χ4n) is 1.49. The Morgan fingerprint density at radius 2 is 2.15 bits per heavy atom. The second-order valence-electron chi connectivity index (χ2n) is 3.73. The van der Waals surface area contributed by atoms with E-state index in [0.717, 1.165) is 18.4 Å². The van der Waals surface area contributed by atoms with E-state index in [1.54, 1.807) is 6.07 Å². The van der Waals surface area contributed by atoms with Crippen LogP contribution in [-0.2, 0) is 0 Å². The van der Waals surface area contributed by atoms with Crippen molar-refractivity contribution in [3.05, 3.63) is 53.2 Å². The van der Waals surface area contributed by atoms with Crippen LogP contribution in [0.4, 0.5) is 10.1 Å². The number of nitrogens with one attached hydrogen (secondary N) is 1. The minimum atomic E-state index is -1.24. The Morgan fingerprint density at radius 1 is 1.40 bits per heavy atom. The van der Waals surface area contributed by atoms with Crippen LogP contribution in [0.2, 0.25) is 0 Å². The second kappa shape index (κ2) is 5.24. The monoisotopic (exact) mass is 274 g/mol. The third-order valence-corrected chi connectivity index (χ3v) is 2.44. The van der Waals surface area contributed by atoms with Gasteiger partial charge in [0.15, 0.2) is 5.76 Å². The van der Waals surface area contributed by atoms with Gasteiger partial charge in [0.2, 0.25) is 0 Å². The summed E-state index contributed by atoms with van der Waals surface area (Å²) in [5.41, 5.74) is -0.522. The smallest absolute Gasteiger partial charge is 0.338 e. The van der Waals surface area contributed by atoms with E-state index in [9.17, 15) is 14.0 Å². The van der Waals surface area contributed by atoms with Crippen molar-refractivity contribution in [3.63, 3.8) is 0 Å². The van der Waals surface area contributed by atoms with Gasteiger partial charge >= 0.3 is 5.97 Å². The van der Waals surface area contributed by atoms with Crippen molar-refractivity contribution in [2.45, 2.75) is 0 Å². The zero-order valence-electron chi connectivity index (χ0n) is 9.88. The summed E-state index contributed by atoms with van der Waals surface area (Å²) in [6.45, 7) is 0. The highest BCUT2D eigenvalue weighted by Crippen LogP contribution is 2.19. The number of nitriles is 1. The van der Waals surface area contributed by atoms with Crippen molar-refractivity contribution in [3.8, 4) is 6.07 Å². The molecule has 0 spiro atoms. The molecule has 0 unspecified atom stereocenters. The number of rotatable bonds is 3. The highest BCUT2D eigenvalue weighted by Gasteiger charge is 2.17. The number of nitrogens with zero attached hydrogens (tertiary/aromatic N) is 1. The maximum Gasteiger partial charge on any atom is 0.338 e. The minimum absolute atomic E-state index is 0.0224. The lowest BCUT2D eigenvalue weighted by atomic mass is 10.2. The number of anilines is 1. The van der Waals surface area contributed by atoms with Crippen molar-refractivity contribution in [2.24, 2.45) is 0 Å². The molecule has 100 valence electrons. The van der Waals surface area contributed by atoms with Gasteiger partial charge in [-0.2, -0.15) is 5.26 Å². The topological polar surface area (TPSA) is 103 Å². The Kier molecular flexibility index (Phi) is 3.48. The van der Waals surface area contributed by atoms with Gasteiger partial charge < -0.3 is 14.8 Å². The molecule has 7 heteroatoms. The van der Waals surface area contributed by atoms with Crippen molar-refractivity contribution >= 4 is 17.6 Å². The van der Waals surface area contributed by atoms with Crippen molar-refractivity contribution in [1.82, 2.24) is 0 Å². The molecule has 0 fully saturated rings. The molecule has 0 saturated heterocycles. The van der Waals surface area contributed by atoms with Gasteiger partial charge in [0.05, 0.1) is 11.3 Å². The third-order valence-electron chi connectivity index (χ3n) is 2.44. The third kappa shape index (κ3) is 2.49. The highest BCUT2D eigenvalue weighted by molar-refractivity contribution is 6.04. The molecule has 0 radical (unpaired) electrons. The molecule has 1 heterocycles. The predicted molar refractivity (Wildman–Crippen MR) is 64.7 cm³/mol. The van der Waals surface area contributed by atoms with Crippen molar-refractivity contribution < 1.29 is 23.5 Å². The van der Waals surface area contributed by atoms with Crippen LogP contribution < -0.4 is 5.32 Å². The van der Waals surface area contributed by atoms with E-state index < -0.39 is 17.7 Å². The number of benzene rings is 1. The summed E-state index contributed by atoms with van der Waals surface area (Å²) >= 11 is 0. The van der Waals surface area contributed by atoms with Crippen LogP contribution in [0.3, 0.4) is 0 Å². The normalized spacial score (nSPS) is 9.80. The van der Waals surface area contributed by atoms with Crippen LogP contribution in [0.1, 0.15) is 26.5 Å². The molecule has 0 atom stereocenters. The van der Waals surface area contributed by atoms with Gasteiger partial charge in [-0.15, -0.1) is 0 Å². The molecule has 0 bridgehead atoms. The minimum Gasteiger partial charge on any atom is -0.478 e. The summed E-state index contributed by atoms with van der Waals surface area (Å²) in [6.07, 6.45) is 0.911. The van der Waals surface area contributed by atoms with Gasteiger partial charge in [-0.3, -0.25) is 4.79 Å². The van der Waals surface area contributed by atoms with Crippen molar-refractivity contribution in [1.29, 1.82) is 5.26 Å². The SMILES string of the molecule is N#Cc1c(F)cccc1NC(=O)c1cc(C(=O)O)co1. The number of halogens is 1. The Labute approximate surface area is 112 Å². The second-order valence-corrected chi connectivity index (χ2v) is 3.73. The van der Waals surface area contributed by atoms with E-state index >= 15 is 0 Å². The fourth-order valence-corrected chi connectivity index (χ4v) is 1.49. The van der Waals surface area contributed by atoms with Crippen LogP contribution in [0.25, 0.3) is 0 Å². The zero-order chi connectivity index (χ0) is 14.7. The van der Waals surface area contributed by atoms with Crippen LogP contribution >= 0.6 is 0 Å². The summed E-state index contributed by atoms with van der Waals surface area (Å²) < 4.78 is 18.1. The lowest BCUT2D eigenvalue weighted by molar-refractivity contribution is 0.0696. The van der Waals surface area contributed by atoms with Crippen molar-refractivity contribution in [2.75, 3.05) is 5.32 Å². The average Bonchev–Trinajstić information content (AvgIpc) is 2.89. The largest absolute Gasteiger partial charge is 0.478 e. The Bertz CT molecular complexity index is 730. The number of furan rings is 1. The van der Waals surface area contributed by atoms with E-state index in [4.69, 9.17) is 14.8 Å². The molecule has 0 aliphatic rings. The van der Waals surface area contributed by atoms with E-state index in [0.29, 0.717) is 0 Å². The highest BCUT2D eigenvalue weighted by atomic mass is 19.1. The molecule has 20 heavy (non-hydrogen) atoms. The zero-order valence-corrected chi connectivity index (χ0v) is 9.88. The Morgan fingerprint density at radius 3 is 2.75 bits per heavy atom. The van der Waals surface area contributed by atoms with Gasteiger partial charge in [0.25, 0.3) is 5.91 Å².